The van der Waals surface area contributed by atoms with E-state index in [1.165, 1.54) is 19.2 Å². The van der Waals surface area contributed by atoms with Gasteiger partial charge >= 0.3 is 0 Å². The topological polar surface area (TPSA) is 33.0 Å². The van der Waals surface area contributed by atoms with Gasteiger partial charge in [-0.05, 0) is 24.6 Å². The molecule has 0 atom stereocenters. The van der Waals surface area contributed by atoms with Crippen LogP contribution < -0.4 is 4.74 Å². The molecule has 0 spiro atoms. The Kier molecular flexibility index (Phi) is 3.71. The molecule has 0 bridgehead atoms. The molecular formula is C11H10ClF2NO. The van der Waals surface area contributed by atoms with Crippen LogP contribution in [0.15, 0.2) is 12.1 Å². The summed E-state index contributed by atoms with van der Waals surface area (Å²) in [4.78, 5) is 0. The molecule has 0 amide bonds. The molecule has 86 valence electrons. The number of rotatable bonds is 3. The van der Waals surface area contributed by atoms with Crippen LogP contribution in [-0.2, 0) is 5.92 Å². The SMILES string of the molecule is COc1c(C)cc(Cl)cc1C(F)(F)CC#N. The van der Waals surface area contributed by atoms with E-state index in [0.717, 1.165) is 6.07 Å². The van der Waals surface area contributed by atoms with Gasteiger partial charge in [-0.25, -0.2) is 8.78 Å². The number of aryl methyl sites for hydroxylation is 1. The van der Waals surface area contributed by atoms with Gasteiger partial charge in [-0.2, -0.15) is 5.26 Å². The summed E-state index contributed by atoms with van der Waals surface area (Å²) < 4.78 is 32.1. The number of hydrogen-bond donors (Lipinski definition) is 0. The molecular weight excluding hydrogens is 236 g/mol. The van der Waals surface area contributed by atoms with Crippen LogP contribution in [0, 0.1) is 18.3 Å². The number of nitrogens with zero attached hydrogens (tertiary/aromatic N) is 1. The minimum absolute atomic E-state index is 0.0738. The monoisotopic (exact) mass is 245 g/mol. The molecule has 0 aliphatic rings. The number of hydrogen-bond acceptors (Lipinski definition) is 2. The molecule has 0 aromatic heterocycles. The van der Waals surface area contributed by atoms with Crippen LogP contribution in [0.5, 0.6) is 5.75 Å². The lowest BCUT2D eigenvalue weighted by Gasteiger charge is -2.18. The predicted octanol–water partition coefficient (Wildman–Crippen LogP) is 3.66. The van der Waals surface area contributed by atoms with E-state index >= 15 is 0 Å². The summed E-state index contributed by atoms with van der Waals surface area (Å²) in [5, 5.41) is 8.56. The van der Waals surface area contributed by atoms with Crippen LogP contribution >= 0.6 is 11.6 Å². The van der Waals surface area contributed by atoms with Crippen LogP contribution in [0.2, 0.25) is 5.02 Å². The Balaban J connectivity index is 3.37. The lowest BCUT2D eigenvalue weighted by Crippen LogP contribution is -2.14. The number of benzene rings is 1. The number of halogens is 3. The highest BCUT2D eigenvalue weighted by Gasteiger charge is 2.35. The highest BCUT2D eigenvalue weighted by Crippen LogP contribution is 2.40. The van der Waals surface area contributed by atoms with Gasteiger partial charge in [-0.15, -0.1) is 0 Å². The normalized spacial score (nSPS) is 11.0. The van der Waals surface area contributed by atoms with E-state index in [1.54, 1.807) is 6.92 Å². The molecule has 0 aliphatic carbocycles. The molecule has 0 unspecified atom stereocenters. The van der Waals surface area contributed by atoms with Gasteiger partial charge in [0.1, 0.15) is 12.2 Å². The minimum atomic E-state index is -3.25. The van der Waals surface area contributed by atoms with Crippen molar-refractivity contribution < 1.29 is 13.5 Å². The minimum Gasteiger partial charge on any atom is -0.496 e. The molecule has 0 saturated carbocycles. The molecule has 0 fully saturated rings. The van der Waals surface area contributed by atoms with Crippen LogP contribution in [0.3, 0.4) is 0 Å². The second-order valence-corrected chi connectivity index (χ2v) is 3.78. The summed E-state index contributed by atoms with van der Waals surface area (Å²) in [7, 11) is 1.31. The number of methoxy groups -OCH3 is 1. The van der Waals surface area contributed by atoms with Crippen molar-refractivity contribution in [1.82, 2.24) is 0 Å². The highest BCUT2D eigenvalue weighted by molar-refractivity contribution is 6.30. The van der Waals surface area contributed by atoms with Gasteiger partial charge < -0.3 is 4.74 Å². The van der Waals surface area contributed by atoms with Crippen molar-refractivity contribution >= 4 is 11.6 Å². The van der Waals surface area contributed by atoms with Gasteiger partial charge in [-0.1, -0.05) is 11.6 Å². The molecule has 2 nitrogen and oxygen atoms in total. The Labute approximate surface area is 97.4 Å². The zero-order valence-electron chi connectivity index (χ0n) is 8.85. The van der Waals surface area contributed by atoms with Crippen molar-refractivity contribution in [3.8, 4) is 11.8 Å². The first-order chi connectivity index (χ1) is 7.42. The first-order valence-corrected chi connectivity index (χ1v) is 4.89. The van der Waals surface area contributed by atoms with Gasteiger partial charge in [0.05, 0.1) is 18.7 Å². The van der Waals surface area contributed by atoms with Gasteiger partial charge in [0, 0.05) is 5.02 Å². The maximum atomic E-state index is 13.6. The van der Waals surface area contributed by atoms with Gasteiger partial charge in [0.25, 0.3) is 5.92 Å². The molecule has 1 aromatic carbocycles. The fourth-order valence-electron chi connectivity index (χ4n) is 1.47. The van der Waals surface area contributed by atoms with Crippen molar-refractivity contribution in [2.75, 3.05) is 7.11 Å². The molecule has 1 rings (SSSR count). The van der Waals surface area contributed by atoms with Crippen LogP contribution in [0.1, 0.15) is 17.5 Å². The lowest BCUT2D eigenvalue weighted by atomic mass is 10.0. The van der Waals surface area contributed by atoms with E-state index in [9.17, 15) is 8.78 Å². The Hall–Kier alpha value is -1.34. The first kappa shape index (κ1) is 12.7. The van der Waals surface area contributed by atoms with Crippen molar-refractivity contribution in [1.29, 1.82) is 5.26 Å². The van der Waals surface area contributed by atoms with Crippen molar-refractivity contribution in [3.63, 3.8) is 0 Å². The summed E-state index contributed by atoms with van der Waals surface area (Å²) in [5.41, 5.74) is 0.171. The zero-order chi connectivity index (χ0) is 12.3. The van der Waals surface area contributed by atoms with Gasteiger partial charge in [-0.3, -0.25) is 0 Å². The number of alkyl halides is 2. The molecule has 0 N–H and O–H groups in total. The fourth-order valence-corrected chi connectivity index (χ4v) is 1.74. The number of nitriles is 1. The third-order valence-electron chi connectivity index (χ3n) is 2.14. The second kappa shape index (κ2) is 4.67. The van der Waals surface area contributed by atoms with E-state index in [4.69, 9.17) is 21.6 Å². The fraction of sp³-hybridized carbons (Fsp3) is 0.364. The molecule has 0 radical (unpaired) electrons. The van der Waals surface area contributed by atoms with E-state index in [1.807, 2.05) is 0 Å². The van der Waals surface area contributed by atoms with Crippen molar-refractivity contribution in [3.05, 3.63) is 28.3 Å². The van der Waals surface area contributed by atoms with E-state index in [-0.39, 0.29) is 16.3 Å². The Bertz CT molecular complexity index is 440. The second-order valence-electron chi connectivity index (χ2n) is 3.34. The Morgan fingerprint density at radius 3 is 2.62 bits per heavy atom. The van der Waals surface area contributed by atoms with Crippen molar-refractivity contribution in [2.24, 2.45) is 0 Å². The maximum Gasteiger partial charge on any atom is 0.289 e. The molecule has 0 saturated heterocycles. The summed E-state index contributed by atoms with van der Waals surface area (Å²) in [6.07, 6.45) is -0.900. The van der Waals surface area contributed by atoms with Crippen LogP contribution in [-0.4, -0.2) is 7.11 Å². The largest absolute Gasteiger partial charge is 0.496 e. The summed E-state index contributed by atoms with van der Waals surface area (Å²) >= 11 is 5.71. The average Bonchev–Trinajstić information content (AvgIpc) is 2.16. The quantitative estimate of drug-likeness (QED) is 0.814. The summed E-state index contributed by atoms with van der Waals surface area (Å²) in [6.45, 7) is 1.62. The van der Waals surface area contributed by atoms with Crippen LogP contribution in [0.25, 0.3) is 0 Å². The third-order valence-corrected chi connectivity index (χ3v) is 2.36. The standard InChI is InChI=1S/C11H10ClF2NO/c1-7-5-8(12)6-9(10(7)16-2)11(13,14)3-4-15/h5-6H,3H2,1-2H3. The summed E-state index contributed by atoms with van der Waals surface area (Å²) in [6, 6.07) is 4.11. The average molecular weight is 246 g/mol. The summed E-state index contributed by atoms with van der Waals surface area (Å²) in [5.74, 6) is -3.18. The van der Waals surface area contributed by atoms with E-state index < -0.39 is 12.3 Å². The highest BCUT2D eigenvalue weighted by atomic mass is 35.5. The van der Waals surface area contributed by atoms with Gasteiger partial charge in [0.2, 0.25) is 0 Å². The number of ether oxygens (including phenoxy) is 1. The van der Waals surface area contributed by atoms with E-state index in [2.05, 4.69) is 0 Å². The maximum absolute atomic E-state index is 13.6. The van der Waals surface area contributed by atoms with E-state index in [0.29, 0.717) is 5.56 Å². The molecule has 0 aliphatic heterocycles. The molecule has 1 aromatic rings. The Morgan fingerprint density at radius 1 is 1.50 bits per heavy atom. The smallest absolute Gasteiger partial charge is 0.289 e. The molecule has 5 heteroatoms. The van der Waals surface area contributed by atoms with Crippen molar-refractivity contribution in [2.45, 2.75) is 19.3 Å². The van der Waals surface area contributed by atoms with Gasteiger partial charge in [0.15, 0.2) is 0 Å². The molecule has 0 heterocycles. The predicted molar refractivity (Wildman–Crippen MR) is 56.9 cm³/mol. The molecule has 16 heavy (non-hydrogen) atoms. The first-order valence-electron chi connectivity index (χ1n) is 4.51. The third kappa shape index (κ3) is 2.42. The zero-order valence-corrected chi connectivity index (χ0v) is 9.61. The lowest BCUT2D eigenvalue weighted by molar-refractivity contribution is -0.00135. The Morgan fingerprint density at radius 2 is 2.12 bits per heavy atom. The van der Waals surface area contributed by atoms with Crippen LogP contribution in [0.4, 0.5) is 8.78 Å².